The summed E-state index contributed by atoms with van der Waals surface area (Å²) >= 11 is 0. The highest BCUT2D eigenvalue weighted by Crippen LogP contribution is 2.28. The van der Waals surface area contributed by atoms with Gasteiger partial charge in [-0.1, -0.05) is 18.6 Å². The molecule has 3 aromatic rings. The van der Waals surface area contributed by atoms with Crippen LogP contribution in [0.1, 0.15) is 19.3 Å². The van der Waals surface area contributed by atoms with Gasteiger partial charge in [-0.25, -0.2) is 15.0 Å². The number of hydrogen-bond donors (Lipinski definition) is 2. The van der Waals surface area contributed by atoms with Crippen molar-refractivity contribution in [3.05, 3.63) is 30.6 Å². The van der Waals surface area contributed by atoms with Crippen molar-refractivity contribution in [2.45, 2.75) is 19.3 Å². The number of aromatic nitrogens is 4. The second-order valence-corrected chi connectivity index (χ2v) is 5.68. The Morgan fingerprint density at radius 3 is 2.95 bits per heavy atom. The third-order valence-electron chi connectivity index (χ3n) is 4.14. The number of imidazole rings is 1. The number of benzene rings is 1. The quantitative estimate of drug-likeness (QED) is 0.772. The first kappa shape index (κ1) is 13.1. The summed E-state index contributed by atoms with van der Waals surface area (Å²) < 4.78 is 5.88. The summed E-state index contributed by atoms with van der Waals surface area (Å²) in [6.45, 7) is 0.794. The van der Waals surface area contributed by atoms with Crippen LogP contribution in [0, 0.1) is 5.92 Å². The first-order valence-electron chi connectivity index (χ1n) is 7.49. The Kier molecular flexibility index (Phi) is 3.14. The Morgan fingerprint density at radius 2 is 2.18 bits per heavy atom. The fourth-order valence-corrected chi connectivity index (χ4v) is 2.59. The van der Waals surface area contributed by atoms with E-state index in [2.05, 4.69) is 19.9 Å². The van der Waals surface area contributed by atoms with Gasteiger partial charge < -0.3 is 15.5 Å². The summed E-state index contributed by atoms with van der Waals surface area (Å²) in [7, 11) is 0. The van der Waals surface area contributed by atoms with E-state index in [1.54, 1.807) is 0 Å². The number of H-pyrrole nitrogens is 1. The summed E-state index contributed by atoms with van der Waals surface area (Å²) in [5.41, 5.74) is 8.02. The van der Waals surface area contributed by atoms with Gasteiger partial charge in [-0.05, 0) is 30.9 Å². The largest absolute Gasteiger partial charge is 0.493 e. The fraction of sp³-hybridized carbons (Fsp3) is 0.312. The van der Waals surface area contributed by atoms with Gasteiger partial charge in [0.1, 0.15) is 23.4 Å². The monoisotopic (exact) mass is 295 g/mol. The molecule has 0 radical (unpaired) electrons. The summed E-state index contributed by atoms with van der Waals surface area (Å²) in [4.78, 5) is 15.7. The number of nitrogen functional groups attached to an aromatic ring is 1. The van der Waals surface area contributed by atoms with E-state index < -0.39 is 0 Å². The molecule has 1 aromatic carbocycles. The molecule has 2 aromatic heterocycles. The van der Waals surface area contributed by atoms with E-state index in [0.717, 1.165) is 23.7 Å². The lowest BCUT2D eigenvalue weighted by atomic mass is 9.86. The minimum Gasteiger partial charge on any atom is -0.493 e. The SMILES string of the molecule is Nc1ncnc2nc(-c3cccc(OCC4CCC4)c3)[nH]c12. The number of rotatable bonds is 4. The lowest BCUT2D eigenvalue weighted by molar-refractivity contribution is 0.180. The van der Waals surface area contributed by atoms with Gasteiger partial charge in [-0.2, -0.15) is 0 Å². The summed E-state index contributed by atoms with van der Waals surface area (Å²) in [5, 5.41) is 0. The standard InChI is InChI=1S/C16H17N5O/c17-14-13-16(19-9-18-14)21-15(20-13)11-5-2-6-12(7-11)22-8-10-3-1-4-10/h2,5-7,9-10H,1,3-4,8H2,(H3,17,18,19,20,21). The summed E-state index contributed by atoms with van der Waals surface area (Å²) in [6, 6.07) is 7.91. The number of hydrogen-bond acceptors (Lipinski definition) is 5. The Hall–Kier alpha value is -2.63. The molecule has 0 spiro atoms. The van der Waals surface area contributed by atoms with Gasteiger partial charge in [0.2, 0.25) is 0 Å². The number of aromatic amines is 1. The van der Waals surface area contributed by atoms with E-state index in [4.69, 9.17) is 10.5 Å². The van der Waals surface area contributed by atoms with E-state index in [9.17, 15) is 0 Å². The van der Waals surface area contributed by atoms with E-state index in [1.807, 2.05) is 24.3 Å². The molecule has 4 rings (SSSR count). The zero-order valence-electron chi connectivity index (χ0n) is 12.1. The van der Waals surface area contributed by atoms with Crippen LogP contribution in [0.3, 0.4) is 0 Å². The van der Waals surface area contributed by atoms with Crippen LogP contribution in [0.5, 0.6) is 5.75 Å². The number of nitrogens with two attached hydrogens (primary N) is 1. The minimum absolute atomic E-state index is 0.404. The molecule has 3 N–H and O–H groups in total. The molecular formula is C16H17N5O. The molecule has 6 heteroatoms. The molecule has 0 saturated heterocycles. The molecule has 0 aliphatic heterocycles. The molecular weight excluding hydrogens is 278 g/mol. The molecule has 0 unspecified atom stereocenters. The average Bonchev–Trinajstić information content (AvgIpc) is 2.92. The fourth-order valence-electron chi connectivity index (χ4n) is 2.59. The Labute approximate surface area is 127 Å². The maximum atomic E-state index is 5.88. The molecule has 1 aliphatic rings. The molecule has 0 atom stereocenters. The van der Waals surface area contributed by atoms with Crippen molar-refractivity contribution in [1.29, 1.82) is 0 Å². The predicted molar refractivity (Wildman–Crippen MR) is 84.4 cm³/mol. The van der Waals surface area contributed by atoms with E-state index in [-0.39, 0.29) is 0 Å². The molecule has 6 nitrogen and oxygen atoms in total. The molecule has 0 bridgehead atoms. The van der Waals surface area contributed by atoms with Crippen molar-refractivity contribution >= 4 is 17.0 Å². The number of fused-ring (bicyclic) bond motifs is 1. The van der Waals surface area contributed by atoms with Crippen LogP contribution in [0.25, 0.3) is 22.6 Å². The Morgan fingerprint density at radius 1 is 1.27 bits per heavy atom. The first-order chi connectivity index (χ1) is 10.8. The average molecular weight is 295 g/mol. The summed E-state index contributed by atoms with van der Waals surface area (Å²) in [5.74, 6) is 2.70. The molecule has 112 valence electrons. The van der Waals surface area contributed by atoms with E-state index in [1.165, 1.54) is 25.6 Å². The van der Waals surface area contributed by atoms with Crippen LogP contribution in [-0.2, 0) is 0 Å². The Bertz CT molecular complexity index is 809. The first-order valence-corrected chi connectivity index (χ1v) is 7.49. The molecule has 22 heavy (non-hydrogen) atoms. The highest BCUT2D eigenvalue weighted by molar-refractivity contribution is 5.84. The molecule has 0 amide bonds. The molecule has 1 aliphatic carbocycles. The zero-order valence-corrected chi connectivity index (χ0v) is 12.1. The van der Waals surface area contributed by atoms with Crippen molar-refractivity contribution in [1.82, 2.24) is 19.9 Å². The van der Waals surface area contributed by atoms with Gasteiger partial charge >= 0.3 is 0 Å². The smallest absolute Gasteiger partial charge is 0.183 e. The maximum Gasteiger partial charge on any atom is 0.183 e. The second kappa shape index (κ2) is 5.29. The minimum atomic E-state index is 0.404. The van der Waals surface area contributed by atoms with Crippen molar-refractivity contribution < 1.29 is 4.74 Å². The molecule has 2 heterocycles. The van der Waals surface area contributed by atoms with Crippen LogP contribution in [-0.4, -0.2) is 26.5 Å². The zero-order chi connectivity index (χ0) is 14.9. The van der Waals surface area contributed by atoms with Gasteiger partial charge in [0.25, 0.3) is 0 Å². The topological polar surface area (TPSA) is 89.7 Å². The van der Waals surface area contributed by atoms with Crippen molar-refractivity contribution in [3.63, 3.8) is 0 Å². The van der Waals surface area contributed by atoms with Crippen LogP contribution in [0.4, 0.5) is 5.82 Å². The van der Waals surface area contributed by atoms with Gasteiger partial charge in [0, 0.05) is 5.56 Å². The van der Waals surface area contributed by atoms with E-state index >= 15 is 0 Å². The maximum absolute atomic E-state index is 5.88. The predicted octanol–water partition coefficient (Wildman–Crippen LogP) is 2.78. The number of ether oxygens (including phenoxy) is 1. The molecule has 1 fully saturated rings. The summed E-state index contributed by atoms with van der Waals surface area (Å²) in [6.07, 6.45) is 5.30. The van der Waals surface area contributed by atoms with Crippen molar-refractivity contribution in [2.75, 3.05) is 12.3 Å². The second-order valence-electron chi connectivity index (χ2n) is 5.68. The van der Waals surface area contributed by atoms with Crippen molar-refractivity contribution in [2.24, 2.45) is 5.92 Å². The Balaban J connectivity index is 1.61. The normalized spacial score (nSPS) is 14.9. The van der Waals surface area contributed by atoms with Crippen LogP contribution in [0.15, 0.2) is 30.6 Å². The van der Waals surface area contributed by atoms with Crippen LogP contribution >= 0.6 is 0 Å². The van der Waals surface area contributed by atoms with Crippen molar-refractivity contribution in [3.8, 4) is 17.1 Å². The highest BCUT2D eigenvalue weighted by atomic mass is 16.5. The number of anilines is 1. The van der Waals surface area contributed by atoms with Gasteiger partial charge in [0.05, 0.1) is 6.61 Å². The number of nitrogens with one attached hydrogen (secondary N) is 1. The lowest BCUT2D eigenvalue weighted by Gasteiger charge is -2.25. The number of nitrogens with zero attached hydrogens (tertiary/aromatic N) is 3. The highest BCUT2D eigenvalue weighted by Gasteiger charge is 2.18. The lowest BCUT2D eigenvalue weighted by Crippen LogP contribution is -2.19. The van der Waals surface area contributed by atoms with Crippen LogP contribution < -0.4 is 10.5 Å². The van der Waals surface area contributed by atoms with Gasteiger partial charge in [0.15, 0.2) is 11.5 Å². The van der Waals surface area contributed by atoms with Gasteiger partial charge in [-0.3, -0.25) is 0 Å². The third-order valence-corrected chi connectivity index (χ3v) is 4.14. The van der Waals surface area contributed by atoms with E-state index in [0.29, 0.717) is 22.9 Å². The molecule has 1 saturated carbocycles. The van der Waals surface area contributed by atoms with Gasteiger partial charge in [-0.15, -0.1) is 0 Å². The third kappa shape index (κ3) is 2.36. The van der Waals surface area contributed by atoms with Crippen LogP contribution in [0.2, 0.25) is 0 Å².